The summed E-state index contributed by atoms with van der Waals surface area (Å²) in [4.78, 5) is 41.2. The van der Waals surface area contributed by atoms with E-state index in [0.717, 1.165) is 41.1 Å². The number of hydrogen-bond acceptors (Lipinski definition) is 6. The number of hydrogen-bond donors (Lipinski definition) is 2. The highest BCUT2D eigenvalue weighted by molar-refractivity contribution is 9.11. The van der Waals surface area contributed by atoms with Crippen LogP contribution in [0.2, 0.25) is 0 Å². The molecule has 2 aliphatic heterocycles. The molecular weight excluding hydrogens is 496 g/mol. The summed E-state index contributed by atoms with van der Waals surface area (Å²) in [7, 11) is 0. The average molecular weight is 521 g/mol. The molecule has 170 valence electrons. The van der Waals surface area contributed by atoms with Crippen LogP contribution in [0.1, 0.15) is 28.8 Å². The summed E-state index contributed by atoms with van der Waals surface area (Å²) in [6.45, 7) is 5.39. The van der Waals surface area contributed by atoms with Crippen molar-refractivity contribution in [2.24, 2.45) is 0 Å². The number of thiophene rings is 1. The van der Waals surface area contributed by atoms with Crippen molar-refractivity contribution in [3.8, 4) is 5.06 Å². The van der Waals surface area contributed by atoms with E-state index >= 15 is 0 Å². The van der Waals surface area contributed by atoms with Crippen molar-refractivity contribution in [3.63, 3.8) is 0 Å². The van der Waals surface area contributed by atoms with E-state index in [1.807, 2.05) is 17.9 Å². The predicted molar refractivity (Wildman–Crippen MR) is 127 cm³/mol. The van der Waals surface area contributed by atoms with Crippen LogP contribution >= 0.6 is 27.3 Å². The van der Waals surface area contributed by atoms with E-state index in [0.29, 0.717) is 23.7 Å². The molecule has 1 aromatic heterocycles. The number of anilines is 1. The molecular formula is C22H25BrN4O4S. The fraction of sp³-hybridized carbons (Fsp3) is 0.409. The number of amides is 3. The molecule has 1 atom stereocenters. The Kier molecular flexibility index (Phi) is 7.12. The molecule has 1 aromatic carbocycles. The average Bonchev–Trinajstić information content (AvgIpc) is 3.20. The van der Waals surface area contributed by atoms with E-state index in [2.05, 4.69) is 26.6 Å². The minimum Gasteiger partial charge on any atom is -0.399 e. The molecule has 0 aliphatic carbocycles. The number of benzene rings is 1. The SMILES string of the molecule is Cc1cc(N2CC(NC(=O)Oc3ccc(Br)s3)CC2=O)ccc1C(=O)N1CCCNCC1. The van der Waals surface area contributed by atoms with Crippen LogP contribution in [0, 0.1) is 6.92 Å². The molecule has 4 rings (SSSR count). The predicted octanol–water partition coefficient (Wildman–Crippen LogP) is 3.15. The fourth-order valence-electron chi connectivity index (χ4n) is 3.97. The number of rotatable bonds is 4. The van der Waals surface area contributed by atoms with E-state index in [1.165, 1.54) is 11.3 Å². The van der Waals surface area contributed by atoms with Crippen molar-refractivity contribution in [1.29, 1.82) is 0 Å². The van der Waals surface area contributed by atoms with Gasteiger partial charge in [0.1, 0.15) is 0 Å². The third-order valence-corrected chi connectivity index (χ3v) is 7.07. The Morgan fingerprint density at radius 2 is 2.06 bits per heavy atom. The maximum Gasteiger partial charge on any atom is 0.413 e. The molecule has 0 saturated carbocycles. The van der Waals surface area contributed by atoms with Gasteiger partial charge in [-0.05, 0) is 71.7 Å². The van der Waals surface area contributed by atoms with E-state index in [9.17, 15) is 14.4 Å². The third-order valence-electron chi connectivity index (χ3n) is 5.57. The maximum absolute atomic E-state index is 12.9. The van der Waals surface area contributed by atoms with E-state index in [-0.39, 0.29) is 24.3 Å². The van der Waals surface area contributed by atoms with Gasteiger partial charge in [-0.3, -0.25) is 9.59 Å². The zero-order chi connectivity index (χ0) is 22.7. The fourth-order valence-corrected chi connectivity index (χ4v) is 5.16. The standard InChI is InChI=1S/C22H25BrN4O4S/c1-14-11-16(3-4-17(14)21(29)26-9-2-7-24-8-10-26)27-13-15(12-19(27)28)25-22(30)31-20-6-5-18(23)32-20/h3-6,11,15,24H,2,7-10,12-13H2,1H3,(H,25,30). The van der Waals surface area contributed by atoms with Crippen LogP contribution in [0.5, 0.6) is 5.06 Å². The van der Waals surface area contributed by atoms with Gasteiger partial charge in [0.05, 0.1) is 9.83 Å². The van der Waals surface area contributed by atoms with Gasteiger partial charge < -0.3 is 25.2 Å². The first-order valence-electron chi connectivity index (χ1n) is 10.6. The molecule has 2 saturated heterocycles. The molecule has 2 aliphatic rings. The normalized spacial score (nSPS) is 19.1. The summed E-state index contributed by atoms with van der Waals surface area (Å²) in [5.41, 5.74) is 2.21. The molecule has 8 nitrogen and oxygen atoms in total. The molecule has 32 heavy (non-hydrogen) atoms. The molecule has 0 radical (unpaired) electrons. The molecule has 2 N–H and O–H groups in total. The molecule has 2 aromatic rings. The van der Waals surface area contributed by atoms with Gasteiger partial charge in [0.25, 0.3) is 5.91 Å². The van der Waals surface area contributed by atoms with Crippen LogP contribution in [0.15, 0.2) is 34.1 Å². The van der Waals surface area contributed by atoms with Crippen molar-refractivity contribution in [3.05, 3.63) is 45.2 Å². The van der Waals surface area contributed by atoms with Crippen molar-refractivity contribution in [2.75, 3.05) is 37.6 Å². The van der Waals surface area contributed by atoms with Gasteiger partial charge in [-0.1, -0.05) is 11.3 Å². The van der Waals surface area contributed by atoms with Gasteiger partial charge in [-0.25, -0.2) is 4.79 Å². The Hall–Kier alpha value is -2.43. The summed E-state index contributed by atoms with van der Waals surface area (Å²) in [5.74, 6) is -0.0563. The lowest BCUT2D eigenvalue weighted by Gasteiger charge is -2.22. The van der Waals surface area contributed by atoms with Gasteiger partial charge >= 0.3 is 6.09 Å². The van der Waals surface area contributed by atoms with Crippen LogP contribution in [-0.2, 0) is 4.79 Å². The quantitative estimate of drug-likeness (QED) is 0.646. The van der Waals surface area contributed by atoms with Gasteiger partial charge in [-0.2, -0.15) is 0 Å². The first-order chi connectivity index (χ1) is 15.4. The molecule has 3 amide bonds. The second-order valence-electron chi connectivity index (χ2n) is 7.89. The monoisotopic (exact) mass is 520 g/mol. The largest absolute Gasteiger partial charge is 0.413 e. The summed E-state index contributed by atoms with van der Waals surface area (Å²) < 4.78 is 6.13. The van der Waals surface area contributed by atoms with Gasteiger partial charge in [0.15, 0.2) is 5.06 Å². The first kappa shape index (κ1) is 22.8. The van der Waals surface area contributed by atoms with Crippen LogP contribution < -0.4 is 20.3 Å². The lowest BCUT2D eigenvalue weighted by atomic mass is 10.1. The first-order valence-corrected chi connectivity index (χ1v) is 12.2. The van der Waals surface area contributed by atoms with Crippen LogP contribution in [0.3, 0.4) is 0 Å². The Morgan fingerprint density at radius 1 is 1.22 bits per heavy atom. The summed E-state index contributed by atoms with van der Waals surface area (Å²) in [5, 5.41) is 6.54. The number of carbonyl (C=O) groups excluding carboxylic acids is 3. The Balaban J connectivity index is 1.39. The lowest BCUT2D eigenvalue weighted by molar-refractivity contribution is -0.117. The van der Waals surface area contributed by atoms with Crippen molar-refractivity contribution < 1.29 is 19.1 Å². The Labute approximate surface area is 199 Å². The van der Waals surface area contributed by atoms with Gasteiger partial charge in [-0.15, -0.1) is 0 Å². The number of nitrogens with zero attached hydrogens (tertiary/aromatic N) is 2. The summed E-state index contributed by atoms with van der Waals surface area (Å²) >= 11 is 4.64. The molecule has 3 heterocycles. The number of halogens is 1. The minimum absolute atomic E-state index is 0.0213. The number of carbonyl (C=O) groups is 3. The van der Waals surface area contributed by atoms with Gasteiger partial charge in [0.2, 0.25) is 5.91 Å². The molecule has 0 bridgehead atoms. The van der Waals surface area contributed by atoms with Crippen LogP contribution in [-0.4, -0.2) is 61.6 Å². The molecule has 0 spiro atoms. The Bertz CT molecular complexity index is 1020. The second kappa shape index (κ2) is 10.0. The Morgan fingerprint density at radius 3 is 2.81 bits per heavy atom. The smallest absolute Gasteiger partial charge is 0.399 e. The highest BCUT2D eigenvalue weighted by atomic mass is 79.9. The lowest BCUT2D eigenvalue weighted by Crippen LogP contribution is -2.38. The van der Waals surface area contributed by atoms with E-state index < -0.39 is 6.09 Å². The van der Waals surface area contributed by atoms with Gasteiger partial charge in [0, 0.05) is 43.9 Å². The topological polar surface area (TPSA) is 91.0 Å². The van der Waals surface area contributed by atoms with E-state index in [4.69, 9.17) is 4.74 Å². The van der Waals surface area contributed by atoms with Crippen molar-refractivity contribution in [1.82, 2.24) is 15.5 Å². The number of ether oxygens (including phenoxy) is 1. The van der Waals surface area contributed by atoms with Crippen LogP contribution in [0.4, 0.5) is 10.5 Å². The number of aryl methyl sites for hydroxylation is 1. The molecule has 1 unspecified atom stereocenters. The summed E-state index contributed by atoms with van der Waals surface area (Å²) in [6.07, 6.45) is 0.554. The zero-order valence-electron chi connectivity index (χ0n) is 17.7. The van der Waals surface area contributed by atoms with Crippen molar-refractivity contribution in [2.45, 2.75) is 25.8 Å². The summed E-state index contributed by atoms with van der Waals surface area (Å²) in [6, 6.07) is 8.62. The third kappa shape index (κ3) is 5.31. The number of nitrogens with one attached hydrogen (secondary N) is 2. The highest BCUT2D eigenvalue weighted by Crippen LogP contribution is 2.29. The molecule has 2 fully saturated rings. The van der Waals surface area contributed by atoms with Crippen LogP contribution in [0.25, 0.3) is 0 Å². The minimum atomic E-state index is -0.580. The highest BCUT2D eigenvalue weighted by Gasteiger charge is 2.32. The maximum atomic E-state index is 12.9. The van der Waals surface area contributed by atoms with Crippen molar-refractivity contribution >= 4 is 50.9 Å². The zero-order valence-corrected chi connectivity index (χ0v) is 20.1. The second-order valence-corrected chi connectivity index (χ2v) is 10.3. The van der Waals surface area contributed by atoms with E-state index in [1.54, 1.807) is 29.2 Å². The molecule has 10 heteroatoms.